The largest absolute Gasteiger partial charge is 0.319 e. The summed E-state index contributed by atoms with van der Waals surface area (Å²) in [6.45, 7) is 9.45. The average molecular weight is 351 g/mol. The molecular formula is C15H21N5O3S. The number of anilines is 1. The van der Waals surface area contributed by atoms with Gasteiger partial charge in [0, 0.05) is 18.8 Å². The Morgan fingerprint density at radius 1 is 1.46 bits per heavy atom. The molecule has 8 nitrogen and oxygen atoms in total. The maximum atomic E-state index is 12.2. The van der Waals surface area contributed by atoms with Gasteiger partial charge in [0.15, 0.2) is 0 Å². The van der Waals surface area contributed by atoms with Gasteiger partial charge in [-0.2, -0.15) is 5.10 Å². The highest BCUT2D eigenvalue weighted by Crippen LogP contribution is 2.28. The first-order valence-corrected chi connectivity index (χ1v) is 8.57. The molecule has 2 rings (SSSR count). The zero-order chi connectivity index (χ0) is 17.7. The Balaban J connectivity index is 1.97. The predicted molar refractivity (Wildman–Crippen MR) is 93.7 cm³/mol. The molecule has 0 saturated heterocycles. The van der Waals surface area contributed by atoms with Crippen LogP contribution in [0.15, 0.2) is 18.5 Å². The molecule has 0 aromatic carbocycles. The van der Waals surface area contributed by atoms with Crippen molar-refractivity contribution in [2.75, 3.05) is 25.0 Å². The molecule has 24 heavy (non-hydrogen) atoms. The van der Waals surface area contributed by atoms with Crippen LogP contribution in [0.4, 0.5) is 11.4 Å². The summed E-state index contributed by atoms with van der Waals surface area (Å²) in [6, 6.07) is 1.31. The van der Waals surface area contributed by atoms with Crippen LogP contribution < -0.4 is 5.32 Å². The van der Waals surface area contributed by atoms with Gasteiger partial charge in [-0.1, -0.05) is 13.8 Å². The maximum absolute atomic E-state index is 12.2. The van der Waals surface area contributed by atoms with Gasteiger partial charge < -0.3 is 10.2 Å². The summed E-state index contributed by atoms with van der Waals surface area (Å²) in [4.78, 5) is 25.7. The van der Waals surface area contributed by atoms with Crippen LogP contribution in [-0.4, -0.2) is 45.1 Å². The van der Waals surface area contributed by atoms with E-state index in [0.29, 0.717) is 15.4 Å². The van der Waals surface area contributed by atoms with E-state index in [4.69, 9.17) is 0 Å². The number of carbonyl (C=O) groups excluding carboxylic acids is 1. The number of nitro groups is 1. The number of nitrogens with one attached hydrogen (secondary N) is 1. The van der Waals surface area contributed by atoms with E-state index in [9.17, 15) is 14.9 Å². The predicted octanol–water partition coefficient (Wildman–Crippen LogP) is 2.76. The number of hydrogen-bond donors (Lipinski definition) is 1. The van der Waals surface area contributed by atoms with Crippen LogP contribution in [0.3, 0.4) is 0 Å². The molecule has 0 unspecified atom stereocenters. The van der Waals surface area contributed by atoms with E-state index >= 15 is 0 Å². The number of aryl methyl sites for hydroxylation is 1. The quantitative estimate of drug-likeness (QED) is 0.583. The summed E-state index contributed by atoms with van der Waals surface area (Å²) in [5.74, 6) is -0.362. The summed E-state index contributed by atoms with van der Waals surface area (Å²) in [5.41, 5.74) is 0.549. The Morgan fingerprint density at radius 3 is 2.75 bits per heavy atom. The zero-order valence-corrected chi connectivity index (χ0v) is 14.8. The van der Waals surface area contributed by atoms with Crippen LogP contribution in [0.5, 0.6) is 0 Å². The lowest BCUT2D eigenvalue weighted by molar-refractivity contribution is -0.385. The lowest BCUT2D eigenvalue weighted by Gasteiger charge is -2.17. The molecule has 0 atom stereocenters. The number of carbonyl (C=O) groups is 1. The third kappa shape index (κ3) is 4.39. The standard InChI is InChI=1S/C15H21N5O3S/c1-4-18(5-2)6-7-19-10-12(9-16-19)17-15(21)14-8-13(20(22)23)11(3)24-14/h8-10H,4-7H2,1-3H3,(H,17,21). The van der Waals surface area contributed by atoms with Crippen LogP contribution in [0.25, 0.3) is 0 Å². The molecule has 1 amide bonds. The van der Waals surface area contributed by atoms with Crippen molar-refractivity contribution in [2.45, 2.75) is 27.3 Å². The molecule has 9 heteroatoms. The van der Waals surface area contributed by atoms with Gasteiger partial charge in [0.25, 0.3) is 11.6 Å². The minimum absolute atomic E-state index is 0.0277. The molecule has 0 saturated carbocycles. The first kappa shape index (κ1) is 18.1. The highest BCUT2D eigenvalue weighted by Gasteiger charge is 2.19. The van der Waals surface area contributed by atoms with Gasteiger partial charge in [0.05, 0.1) is 33.1 Å². The first-order valence-electron chi connectivity index (χ1n) is 7.75. The van der Waals surface area contributed by atoms with Gasteiger partial charge >= 0.3 is 0 Å². The first-order chi connectivity index (χ1) is 11.4. The fourth-order valence-electron chi connectivity index (χ4n) is 2.29. The molecule has 0 bridgehead atoms. The van der Waals surface area contributed by atoms with Gasteiger partial charge in [0.2, 0.25) is 0 Å². The number of aromatic nitrogens is 2. The molecule has 1 N–H and O–H groups in total. The second kappa shape index (κ2) is 8.02. The van der Waals surface area contributed by atoms with E-state index in [1.54, 1.807) is 24.0 Å². The SMILES string of the molecule is CCN(CC)CCn1cc(NC(=O)c2cc([N+](=O)[O-])c(C)s2)cn1. The lowest BCUT2D eigenvalue weighted by atomic mass is 10.3. The van der Waals surface area contributed by atoms with Crippen molar-refractivity contribution in [3.05, 3.63) is 38.3 Å². The van der Waals surface area contributed by atoms with Crippen molar-refractivity contribution in [1.82, 2.24) is 14.7 Å². The Labute approximate surface area is 144 Å². The number of likely N-dealkylation sites (N-methyl/N-ethyl adjacent to an activating group) is 1. The highest BCUT2D eigenvalue weighted by atomic mass is 32.1. The fraction of sp³-hybridized carbons (Fsp3) is 0.467. The molecule has 0 radical (unpaired) electrons. The fourth-order valence-corrected chi connectivity index (χ4v) is 3.17. The smallest absolute Gasteiger partial charge is 0.283 e. The lowest BCUT2D eigenvalue weighted by Crippen LogP contribution is -2.27. The van der Waals surface area contributed by atoms with Crippen molar-refractivity contribution in [2.24, 2.45) is 0 Å². The van der Waals surface area contributed by atoms with Crippen LogP contribution in [-0.2, 0) is 6.54 Å². The monoisotopic (exact) mass is 351 g/mol. The van der Waals surface area contributed by atoms with Gasteiger partial charge in [-0.3, -0.25) is 19.6 Å². The van der Waals surface area contributed by atoms with Gasteiger partial charge in [0.1, 0.15) is 0 Å². The van der Waals surface area contributed by atoms with Crippen LogP contribution in [0.1, 0.15) is 28.4 Å². The van der Waals surface area contributed by atoms with Crippen molar-refractivity contribution in [1.29, 1.82) is 0 Å². The number of amides is 1. The molecule has 0 fully saturated rings. The number of nitrogens with zero attached hydrogens (tertiary/aromatic N) is 4. The van der Waals surface area contributed by atoms with E-state index < -0.39 is 4.92 Å². The van der Waals surface area contributed by atoms with Crippen LogP contribution in [0.2, 0.25) is 0 Å². The number of thiophene rings is 1. The molecule has 2 heterocycles. The molecule has 0 spiro atoms. The third-order valence-corrected chi connectivity index (χ3v) is 4.78. The van der Waals surface area contributed by atoms with Crippen molar-refractivity contribution >= 4 is 28.6 Å². The molecular weight excluding hydrogens is 330 g/mol. The van der Waals surface area contributed by atoms with Crippen LogP contribution in [0, 0.1) is 17.0 Å². The Kier molecular flexibility index (Phi) is 6.04. The molecule has 0 aliphatic carbocycles. The minimum atomic E-state index is -0.478. The molecule has 2 aromatic rings. The summed E-state index contributed by atoms with van der Waals surface area (Å²) in [5, 5.41) is 17.8. The molecule has 2 aromatic heterocycles. The van der Waals surface area contributed by atoms with E-state index in [0.717, 1.165) is 37.5 Å². The normalized spacial score (nSPS) is 11.0. The average Bonchev–Trinajstić information content (AvgIpc) is 3.15. The van der Waals surface area contributed by atoms with Gasteiger partial charge in [-0.25, -0.2) is 0 Å². The summed E-state index contributed by atoms with van der Waals surface area (Å²) < 4.78 is 1.77. The number of rotatable bonds is 8. The molecule has 0 aliphatic rings. The third-order valence-electron chi connectivity index (χ3n) is 3.74. The Hall–Kier alpha value is -2.26. The summed E-state index contributed by atoms with van der Waals surface area (Å²) in [7, 11) is 0. The second-order valence-corrected chi connectivity index (χ2v) is 6.54. The molecule has 130 valence electrons. The van der Waals surface area contributed by atoms with Crippen molar-refractivity contribution in [3.8, 4) is 0 Å². The molecule has 0 aliphatic heterocycles. The Bertz CT molecular complexity index is 721. The van der Waals surface area contributed by atoms with E-state index in [2.05, 4.69) is 29.2 Å². The van der Waals surface area contributed by atoms with Crippen molar-refractivity contribution < 1.29 is 9.72 Å². The van der Waals surface area contributed by atoms with Crippen LogP contribution >= 0.6 is 11.3 Å². The minimum Gasteiger partial charge on any atom is -0.319 e. The summed E-state index contributed by atoms with van der Waals surface area (Å²) in [6.07, 6.45) is 3.34. The van der Waals surface area contributed by atoms with Gasteiger partial charge in [-0.05, 0) is 20.0 Å². The zero-order valence-electron chi connectivity index (χ0n) is 14.0. The second-order valence-electron chi connectivity index (χ2n) is 5.28. The van der Waals surface area contributed by atoms with Gasteiger partial charge in [-0.15, -0.1) is 11.3 Å². The number of hydrogen-bond acceptors (Lipinski definition) is 6. The van der Waals surface area contributed by atoms with E-state index in [1.165, 1.54) is 6.07 Å². The topological polar surface area (TPSA) is 93.3 Å². The maximum Gasteiger partial charge on any atom is 0.283 e. The van der Waals surface area contributed by atoms with E-state index in [1.807, 2.05) is 0 Å². The van der Waals surface area contributed by atoms with Crippen molar-refractivity contribution in [3.63, 3.8) is 0 Å². The Morgan fingerprint density at radius 2 is 2.17 bits per heavy atom. The highest BCUT2D eigenvalue weighted by molar-refractivity contribution is 7.14. The van der Waals surface area contributed by atoms with E-state index in [-0.39, 0.29) is 11.6 Å². The summed E-state index contributed by atoms with van der Waals surface area (Å²) >= 11 is 1.11.